The van der Waals surface area contributed by atoms with Crippen LogP contribution in [0, 0.1) is 5.92 Å². The van der Waals surface area contributed by atoms with Crippen LogP contribution >= 0.6 is 0 Å². The maximum atomic E-state index is 12.8. The zero-order chi connectivity index (χ0) is 25.2. The van der Waals surface area contributed by atoms with Gasteiger partial charge in [0, 0.05) is 18.4 Å². The number of aliphatic carboxylic acids is 1. The number of alkyl carbamates (subject to hydrolysis) is 1. The lowest BCUT2D eigenvalue weighted by Gasteiger charge is -2.47. The van der Waals surface area contributed by atoms with E-state index in [1.807, 2.05) is 38.1 Å². The molecule has 2 aromatic carbocycles. The quantitative estimate of drug-likeness (QED) is 0.568. The predicted octanol–water partition coefficient (Wildman–Crippen LogP) is 3.64. The Morgan fingerprint density at radius 2 is 1.63 bits per heavy atom. The minimum absolute atomic E-state index is 0.0235. The molecule has 1 aliphatic heterocycles. The van der Waals surface area contributed by atoms with Crippen molar-refractivity contribution >= 4 is 18.0 Å². The number of hydrogen-bond donors (Lipinski definition) is 2. The number of carboxylic acids is 1. The van der Waals surface area contributed by atoms with E-state index in [2.05, 4.69) is 29.6 Å². The summed E-state index contributed by atoms with van der Waals surface area (Å²) < 4.78 is 11.0. The van der Waals surface area contributed by atoms with Crippen molar-refractivity contribution in [1.82, 2.24) is 10.2 Å². The van der Waals surface area contributed by atoms with Gasteiger partial charge in [0.25, 0.3) is 0 Å². The van der Waals surface area contributed by atoms with Crippen molar-refractivity contribution in [2.75, 3.05) is 26.3 Å². The fraction of sp³-hybridized carbons (Fsp3) is 0.444. The lowest BCUT2D eigenvalue weighted by Crippen LogP contribution is -2.64. The molecule has 8 heteroatoms. The van der Waals surface area contributed by atoms with Gasteiger partial charge in [0.05, 0.1) is 13.1 Å². The summed E-state index contributed by atoms with van der Waals surface area (Å²) in [5.41, 5.74) is 3.96. The second-order valence-corrected chi connectivity index (χ2v) is 9.91. The second-order valence-electron chi connectivity index (χ2n) is 9.91. The number of rotatable bonds is 9. The van der Waals surface area contributed by atoms with Crippen molar-refractivity contribution in [3.8, 4) is 11.1 Å². The van der Waals surface area contributed by atoms with E-state index in [1.165, 1.54) is 0 Å². The van der Waals surface area contributed by atoms with E-state index in [0.29, 0.717) is 13.1 Å². The molecule has 0 aromatic heterocycles. The number of ether oxygens (including phenoxy) is 2. The molecule has 0 spiro atoms. The summed E-state index contributed by atoms with van der Waals surface area (Å²) in [6, 6.07) is 15.9. The van der Waals surface area contributed by atoms with Gasteiger partial charge in [0.2, 0.25) is 5.91 Å². The van der Waals surface area contributed by atoms with Crippen LogP contribution in [0.25, 0.3) is 11.1 Å². The fourth-order valence-electron chi connectivity index (χ4n) is 4.83. The van der Waals surface area contributed by atoms with E-state index in [4.69, 9.17) is 14.6 Å². The first-order chi connectivity index (χ1) is 16.7. The number of carboxylic acid groups (broad SMARTS) is 1. The van der Waals surface area contributed by atoms with Crippen LogP contribution in [0.5, 0.6) is 0 Å². The van der Waals surface area contributed by atoms with Gasteiger partial charge < -0.3 is 24.8 Å². The molecule has 35 heavy (non-hydrogen) atoms. The molecule has 0 saturated carbocycles. The number of carbonyl (C=O) groups excluding carboxylic acids is 2. The lowest BCUT2D eigenvalue weighted by atomic mass is 9.93. The minimum atomic E-state index is -1.04. The Morgan fingerprint density at radius 3 is 2.17 bits per heavy atom. The maximum absolute atomic E-state index is 12.8. The van der Waals surface area contributed by atoms with E-state index in [0.717, 1.165) is 22.3 Å². The zero-order valence-electron chi connectivity index (χ0n) is 20.3. The van der Waals surface area contributed by atoms with Crippen LogP contribution in [0.1, 0.15) is 44.2 Å². The molecule has 8 nitrogen and oxygen atoms in total. The Bertz CT molecular complexity index is 1060. The van der Waals surface area contributed by atoms with Crippen molar-refractivity contribution in [2.45, 2.75) is 44.8 Å². The highest BCUT2D eigenvalue weighted by Crippen LogP contribution is 2.44. The molecule has 186 valence electrons. The molecule has 0 bridgehead atoms. The highest BCUT2D eigenvalue weighted by atomic mass is 16.5. The molecule has 1 fully saturated rings. The van der Waals surface area contributed by atoms with E-state index >= 15 is 0 Å². The SMILES string of the molecule is CC(C)[C@H](CC(=O)N1CC(C)(OCC(=O)O)C1)NC(=O)OCC1c2ccccc2-c2ccccc21. The zero-order valence-corrected chi connectivity index (χ0v) is 20.3. The van der Waals surface area contributed by atoms with Gasteiger partial charge in [-0.2, -0.15) is 0 Å². The number of nitrogens with one attached hydrogen (secondary N) is 1. The van der Waals surface area contributed by atoms with Crippen LogP contribution in [-0.4, -0.2) is 65.9 Å². The molecule has 2 aromatic rings. The Hall–Kier alpha value is -3.39. The normalized spacial score (nSPS) is 16.7. The summed E-state index contributed by atoms with van der Waals surface area (Å²) >= 11 is 0. The molecule has 0 radical (unpaired) electrons. The molecular weight excluding hydrogens is 448 g/mol. The largest absolute Gasteiger partial charge is 0.480 e. The smallest absolute Gasteiger partial charge is 0.407 e. The molecule has 2 N–H and O–H groups in total. The van der Waals surface area contributed by atoms with Crippen LogP contribution in [-0.2, 0) is 19.1 Å². The van der Waals surface area contributed by atoms with Crippen LogP contribution in [0.4, 0.5) is 4.79 Å². The summed E-state index contributed by atoms with van der Waals surface area (Å²) in [6.07, 6.45) is -0.409. The molecule has 2 aliphatic rings. The van der Waals surface area contributed by atoms with Crippen LogP contribution in [0.2, 0.25) is 0 Å². The first-order valence-electron chi connectivity index (χ1n) is 11.9. The van der Waals surface area contributed by atoms with Gasteiger partial charge >= 0.3 is 12.1 Å². The molecule has 1 atom stereocenters. The predicted molar refractivity (Wildman–Crippen MR) is 130 cm³/mol. The van der Waals surface area contributed by atoms with Gasteiger partial charge in [-0.15, -0.1) is 0 Å². The lowest BCUT2D eigenvalue weighted by molar-refractivity contribution is -0.173. The summed E-state index contributed by atoms with van der Waals surface area (Å²) in [5, 5.41) is 11.7. The van der Waals surface area contributed by atoms with Crippen molar-refractivity contribution in [3.05, 3.63) is 59.7 Å². The van der Waals surface area contributed by atoms with E-state index < -0.39 is 24.3 Å². The molecule has 1 saturated heterocycles. The van der Waals surface area contributed by atoms with E-state index in [9.17, 15) is 14.4 Å². The van der Waals surface area contributed by atoms with Crippen LogP contribution in [0.15, 0.2) is 48.5 Å². The maximum Gasteiger partial charge on any atom is 0.407 e. The minimum Gasteiger partial charge on any atom is -0.480 e. The molecular formula is C27H32N2O6. The molecule has 2 amide bonds. The Morgan fingerprint density at radius 1 is 1.06 bits per heavy atom. The van der Waals surface area contributed by atoms with Crippen LogP contribution < -0.4 is 5.32 Å². The number of hydrogen-bond acceptors (Lipinski definition) is 5. The van der Waals surface area contributed by atoms with Gasteiger partial charge in [-0.25, -0.2) is 9.59 Å². The Balaban J connectivity index is 1.31. The van der Waals surface area contributed by atoms with Crippen molar-refractivity contribution in [3.63, 3.8) is 0 Å². The van der Waals surface area contributed by atoms with Gasteiger partial charge in [-0.3, -0.25) is 4.79 Å². The summed E-state index contributed by atoms with van der Waals surface area (Å²) in [6.45, 7) is 6.15. The summed E-state index contributed by atoms with van der Waals surface area (Å²) in [4.78, 5) is 37.8. The van der Waals surface area contributed by atoms with Gasteiger partial charge in [0.15, 0.2) is 0 Å². The van der Waals surface area contributed by atoms with Crippen molar-refractivity contribution < 1.29 is 29.0 Å². The third-order valence-electron chi connectivity index (χ3n) is 6.79. The molecule has 1 heterocycles. The van der Waals surface area contributed by atoms with Gasteiger partial charge in [-0.05, 0) is 35.1 Å². The first-order valence-corrected chi connectivity index (χ1v) is 11.9. The molecule has 1 aliphatic carbocycles. The average Bonchev–Trinajstić information content (AvgIpc) is 3.12. The van der Waals surface area contributed by atoms with Gasteiger partial charge in [-0.1, -0.05) is 62.4 Å². The fourth-order valence-corrected chi connectivity index (χ4v) is 4.83. The number of benzene rings is 2. The van der Waals surface area contributed by atoms with E-state index in [1.54, 1.807) is 11.8 Å². The summed E-state index contributed by atoms with van der Waals surface area (Å²) in [5.74, 6) is -1.16. The number of carbonyl (C=O) groups is 3. The first kappa shape index (κ1) is 24.7. The number of fused-ring (bicyclic) bond motifs is 3. The van der Waals surface area contributed by atoms with Crippen molar-refractivity contribution in [2.24, 2.45) is 5.92 Å². The Kier molecular flexibility index (Phi) is 7.12. The van der Waals surface area contributed by atoms with Gasteiger partial charge in [0.1, 0.15) is 18.8 Å². The number of nitrogens with zero attached hydrogens (tertiary/aromatic N) is 1. The summed E-state index contributed by atoms with van der Waals surface area (Å²) in [7, 11) is 0. The highest BCUT2D eigenvalue weighted by Gasteiger charge is 2.43. The number of amides is 2. The number of likely N-dealkylation sites (tertiary alicyclic amines) is 1. The Labute approximate surface area is 205 Å². The van der Waals surface area contributed by atoms with Crippen LogP contribution in [0.3, 0.4) is 0 Å². The second kappa shape index (κ2) is 10.1. The topological polar surface area (TPSA) is 105 Å². The monoisotopic (exact) mass is 480 g/mol. The third-order valence-corrected chi connectivity index (χ3v) is 6.79. The molecule has 4 rings (SSSR count). The molecule has 0 unspecified atom stereocenters. The highest BCUT2D eigenvalue weighted by molar-refractivity contribution is 5.80. The third kappa shape index (κ3) is 5.48. The van der Waals surface area contributed by atoms with E-state index in [-0.39, 0.29) is 36.8 Å². The van der Waals surface area contributed by atoms with Crippen molar-refractivity contribution in [1.29, 1.82) is 0 Å². The standard InChI is InChI=1S/C27H32N2O6/c1-17(2)23(12-24(30)29-15-27(3,16-29)35-14-25(31)32)28-26(33)34-13-22-20-10-6-4-8-18(20)19-9-5-7-11-21(19)22/h4-11,17,22-23H,12-16H2,1-3H3,(H,28,33)(H,31,32)/t23-/m0/s1. The average molecular weight is 481 g/mol.